The molecule has 2 heteroatoms. The number of hydrogen-bond acceptors (Lipinski definition) is 2. The summed E-state index contributed by atoms with van der Waals surface area (Å²) < 4.78 is 6.05. The predicted octanol–water partition coefficient (Wildman–Crippen LogP) is 10.9. The summed E-state index contributed by atoms with van der Waals surface area (Å²) in [5.74, 6) is 6.11. The number of carbonyl (C=O) groups is 1. The molecule has 4 aliphatic carbocycles. The van der Waals surface area contributed by atoms with Crippen LogP contribution < -0.4 is 0 Å². The first-order valence-electron chi connectivity index (χ1n) is 17.5. The first-order chi connectivity index (χ1) is 18.6. The van der Waals surface area contributed by atoms with Gasteiger partial charge in [0.15, 0.2) is 0 Å². The summed E-state index contributed by atoms with van der Waals surface area (Å²) in [7, 11) is 0. The molecule has 0 unspecified atom stereocenters. The first-order valence-corrected chi connectivity index (χ1v) is 17.5. The van der Waals surface area contributed by atoms with E-state index < -0.39 is 0 Å². The molecule has 3 fully saturated rings. The Bertz CT molecular complexity index is 827. The quantitative estimate of drug-likeness (QED) is 0.132. The van der Waals surface area contributed by atoms with Crippen LogP contribution in [0, 0.1) is 52.3 Å². The number of fused-ring (bicyclic) bond motifs is 5. The van der Waals surface area contributed by atoms with Gasteiger partial charge in [-0.15, -0.1) is 0 Å². The molecule has 0 bridgehead atoms. The van der Waals surface area contributed by atoms with Crippen molar-refractivity contribution in [2.24, 2.45) is 52.3 Å². The van der Waals surface area contributed by atoms with Gasteiger partial charge in [0.25, 0.3) is 0 Å². The van der Waals surface area contributed by atoms with Crippen molar-refractivity contribution in [1.82, 2.24) is 0 Å². The monoisotopic (exact) mass is 540 g/mol. The van der Waals surface area contributed by atoms with E-state index in [-0.39, 0.29) is 12.1 Å². The molecule has 0 spiro atoms. The summed E-state index contributed by atoms with van der Waals surface area (Å²) in [5, 5.41) is 0. The molecular formula is C37H64O2. The van der Waals surface area contributed by atoms with Crippen LogP contribution in [0.25, 0.3) is 0 Å². The van der Waals surface area contributed by atoms with E-state index in [4.69, 9.17) is 4.74 Å². The zero-order valence-corrected chi connectivity index (χ0v) is 27.0. The van der Waals surface area contributed by atoms with Crippen LogP contribution in [0.15, 0.2) is 11.6 Å². The zero-order valence-electron chi connectivity index (χ0n) is 27.0. The molecule has 4 rings (SSSR count). The third kappa shape index (κ3) is 6.83. The molecule has 0 heterocycles. The molecular weight excluding hydrogens is 476 g/mol. The third-order valence-corrected chi connectivity index (χ3v) is 13.1. The number of ether oxygens (including phenoxy) is 1. The molecule has 2 nitrogen and oxygen atoms in total. The van der Waals surface area contributed by atoms with Gasteiger partial charge in [-0.25, -0.2) is 0 Å². The summed E-state index contributed by atoms with van der Waals surface area (Å²) in [6.07, 6.45) is 23.8. The van der Waals surface area contributed by atoms with Gasteiger partial charge in [0.2, 0.25) is 0 Å². The summed E-state index contributed by atoms with van der Waals surface area (Å²) >= 11 is 0. The van der Waals surface area contributed by atoms with E-state index >= 15 is 0 Å². The second-order valence-corrected chi connectivity index (χ2v) is 15.6. The summed E-state index contributed by atoms with van der Waals surface area (Å²) in [5.41, 5.74) is 2.52. The van der Waals surface area contributed by atoms with E-state index in [1.807, 2.05) is 0 Å². The van der Waals surface area contributed by atoms with Crippen LogP contribution in [0.3, 0.4) is 0 Å². The minimum atomic E-state index is 0.0516. The maximum atomic E-state index is 12.6. The lowest BCUT2D eigenvalue weighted by molar-refractivity contribution is -0.151. The van der Waals surface area contributed by atoms with Crippen LogP contribution >= 0.6 is 0 Å². The highest BCUT2D eigenvalue weighted by atomic mass is 16.5. The fraction of sp³-hybridized carbons (Fsp3) is 0.919. The molecule has 0 aromatic rings. The van der Waals surface area contributed by atoms with Gasteiger partial charge in [-0.05, 0) is 104 Å². The van der Waals surface area contributed by atoms with E-state index in [0.717, 1.165) is 60.7 Å². The largest absolute Gasteiger partial charge is 0.462 e. The summed E-state index contributed by atoms with van der Waals surface area (Å²) in [6.45, 7) is 17.4. The molecule has 224 valence electrons. The fourth-order valence-electron chi connectivity index (χ4n) is 10.1. The van der Waals surface area contributed by atoms with Crippen molar-refractivity contribution < 1.29 is 9.53 Å². The molecule has 3 saturated carbocycles. The number of allylic oxidation sites excluding steroid dienone is 1. The molecule has 0 aliphatic heterocycles. The van der Waals surface area contributed by atoms with E-state index in [2.05, 4.69) is 54.5 Å². The Morgan fingerprint density at radius 3 is 2.41 bits per heavy atom. The van der Waals surface area contributed by atoms with Crippen molar-refractivity contribution >= 4 is 5.97 Å². The minimum absolute atomic E-state index is 0.0516. The van der Waals surface area contributed by atoms with Gasteiger partial charge in [-0.1, -0.05) is 105 Å². The van der Waals surface area contributed by atoms with Crippen molar-refractivity contribution in [2.75, 3.05) is 0 Å². The Balaban J connectivity index is 1.32. The van der Waals surface area contributed by atoms with Gasteiger partial charge in [0, 0.05) is 12.8 Å². The average molecular weight is 541 g/mol. The third-order valence-electron chi connectivity index (χ3n) is 13.1. The highest BCUT2D eigenvalue weighted by molar-refractivity contribution is 5.69. The number of esters is 1. The van der Waals surface area contributed by atoms with E-state index in [0.29, 0.717) is 17.3 Å². The molecule has 0 amide bonds. The lowest BCUT2D eigenvalue weighted by Gasteiger charge is -2.58. The minimum Gasteiger partial charge on any atom is -0.462 e. The van der Waals surface area contributed by atoms with Crippen LogP contribution in [0.4, 0.5) is 0 Å². The Morgan fingerprint density at radius 2 is 1.67 bits per heavy atom. The van der Waals surface area contributed by atoms with Crippen LogP contribution in [-0.2, 0) is 9.53 Å². The maximum Gasteiger partial charge on any atom is 0.306 e. The average Bonchev–Trinajstić information content (AvgIpc) is 3.26. The van der Waals surface area contributed by atoms with Crippen molar-refractivity contribution in [2.45, 2.75) is 164 Å². The Morgan fingerprint density at radius 1 is 0.923 bits per heavy atom. The molecule has 0 aromatic heterocycles. The Kier molecular flexibility index (Phi) is 10.7. The van der Waals surface area contributed by atoms with E-state index in [9.17, 15) is 4.79 Å². The van der Waals surface area contributed by atoms with Gasteiger partial charge < -0.3 is 4.74 Å². The van der Waals surface area contributed by atoms with Gasteiger partial charge in [-0.3, -0.25) is 4.79 Å². The number of carbonyl (C=O) groups excluding carboxylic acids is 1. The SMILES string of the molecule is CCCCCCCCC(=O)O[C@H]1CC[C@@]2(C)C(=CC[C@H]3[C@@H]4CC[C@H]([C@H](C)CC[C@@H](C)C(C)C)[C@@]4(C)CC[C@@H]32)C1. The van der Waals surface area contributed by atoms with Crippen LogP contribution in [0.5, 0.6) is 0 Å². The van der Waals surface area contributed by atoms with Gasteiger partial charge in [-0.2, -0.15) is 0 Å². The fourth-order valence-corrected chi connectivity index (χ4v) is 10.1. The van der Waals surface area contributed by atoms with Crippen LogP contribution in [0.2, 0.25) is 0 Å². The standard InChI is InChI=1S/C37H64O2/c1-8-9-10-11-12-13-14-35(38)39-30-21-23-36(6)29(25-30)17-18-31-33-20-19-32(37(33,7)24-22-34(31)36)28(5)16-15-27(4)26(2)3/h17,26-28,30-34H,8-16,18-25H2,1-7H3/t27-,28-,30+,31+,32-,33+,34+,36+,37-/m1/s1. The molecule has 9 atom stereocenters. The zero-order chi connectivity index (χ0) is 28.2. The van der Waals surface area contributed by atoms with Crippen molar-refractivity contribution in [3.05, 3.63) is 11.6 Å². The number of hydrogen-bond donors (Lipinski definition) is 0. The highest BCUT2D eigenvalue weighted by Gasteiger charge is 2.59. The number of rotatable bonds is 13. The van der Waals surface area contributed by atoms with Crippen molar-refractivity contribution in [3.8, 4) is 0 Å². The molecule has 39 heavy (non-hydrogen) atoms. The summed E-state index contributed by atoms with van der Waals surface area (Å²) in [4.78, 5) is 12.6. The second kappa shape index (κ2) is 13.5. The van der Waals surface area contributed by atoms with Gasteiger partial charge in [0.1, 0.15) is 6.10 Å². The molecule has 0 N–H and O–H groups in total. The maximum absolute atomic E-state index is 12.6. The normalized spacial score (nSPS) is 37.4. The van der Waals surface area contributed by atoms with E-state index in [1.165, 1.54) is 83.5 Å². The van der Waals surface area contributed by atoms with Gasteiger partial charge in [0.05, 0.1) is 0 Å². The van der Waals surface area contributed by atoms with Crippen molar-refractivity contribution in [3.63, 3.8) is 0 Å². The first kappa shape index (κ1) is 31.2. The van der Waals surface area contributed by atoms with Crippen LogP contribution in [0.1, 0.15) is 158 Å². The smallest absolute Gasteiger partial charge is 0.306 e. The predicted molar refractivity (Wildman–Crippen MR) is 165 cm³/mol. The van der Waals surface area contributed by atoms with Crippen molar-refractivity contribution in [1.29, 1.82) is 0 Å². The lowest BCUT2D eigenvalue weighted by Crippen LogP contribution is -2.51. The Hall–Kier alpha value is -0.790. The van der Waals surface area contributed by atoms with Gasteiger partial charge >= 0.3 is 5.97 Å². The van der Waals surface area contributed by atoms with E-state index in [1.54, 1.807) is 5.57 Å². The summed E-state index contributed by atoms with van der Waals surface area (Å²) in [6, 6.07) is 0. The topological polar surface area (TPSA) is 26.3 Å². The number of unbranched alkanes of at least 4 members (excludes halogenated alkanes) is 5. The molecule has 0 aromatic carbocycles. The highest BCUT2D eigenvalue weighted by Crippen LogP contribution is 2.67. The molecule has 0 saturated heterocycles. The second-order valence-electron chi connectivity index (χ2n) is 15.6. The Labute approximate surface area is 242 Å². The molecule has 4 aliphatic rings. The van der Waals surface area contributed by atoms with Crippen LogP contribution in [-0.4, -0.2) is 12.1 Å². The lowest BCUT2D eigenvalue weighted by atomic mass is 9.47. The molecule has 0 radical (unpaired) electrons.